The first kappa shape index (κ1) is 14.5. The minimum Gasteiger partial charge on any atom is -0.393 e. The van der Waals surface area contributed by atoms with E-state index in [1.54, 1.807) is 0 Å². The molecule has 4 rings (SSSR count). The zero-order chi connectivity index (χ0) is 15.5. The number of nitrogens with zero attached hydrogens (tertiary/aromatic N) is 1. The van der Waals surface area contributed by atoms with E-state index in [9.17, 15) is 10.4 Å². The molecule has 4 aliphatic carbocycles. The SMILES string of the molecule is C[C@]12CC[C@H]3[C@@H](CC=C4C[C@@H](O)CC[C@@]43C)[C@@H]1C=C[C@@H]2C#N. The number of hydrogen-bond acceptors (Lipinski definition) is 2. The molecule has 0 aromatic rings. The van der Waals surface area contributed by atoms with Crippen molar-refractivity contribution in [1.82, 2.24) is 0 Å². The number of nitriles is 1. The van der Waals surface area contributed by atoms with Crippen LogP contribution in [0.1, 0.15) is 52.4 Å². The number of allylic oxidation sites excluding steroid dienone is 3. The first-order valence-electron chi connectivity index (χ1n) is 8.94. The standard InChI is InChI=1S/C20H27NO/c1-19-9-7-15(22)11-13(19)3-5-16-17-6-4-14(12-21)20(17,2)10-8-18(16)19/h3-4,6,14-18,22H,5,7-11H2,1-2H3/t14-,15+,16+,17+,18+,19+,20-/m1/s1. The van der Waals surface area contributed by atoms with Crippen molar-refractivity contribution in [2.45, 2.75) is 58.5 Å². The lowest BCUT2D eigenvalue weighted by Crippen LogP contribution is -2.50. The van der Waals surface area contributed by atoms with E-state index in [2.05, 4.69) is 38.1 Å². The van der Waals surface area contributed by atoms with Crippen LogP contribution in [0.5, 0.6) is 0 Å². The predicted molar refractivity (Wildman–Crippen MR) is 86.7 cm³/mol. The molecule has 2 saturated carbocycles. The van der Waals surface area contributed by atoms with Crippen molar-refractivity contribution in [2.75, 3.05) is 0 Å². The third kappa shape index (κ3) is 1.75. The summed E-state index contributed by atoms with van der Waals surface area (Å²) in [4.78, 5) is 0. The maximum Gasteiger partial charge on any atom is 0.0703 e. The van der Waals surface area contributed by atoms with Crippen LogP contribution in [-0.4, -0.2) is 11.2 Å². The Labute approximate surface area is 133 Å². The summed E-state index contributed by atoms with van der Waals surface area (Å²) in [7, 11) is 0. The second-order valence-corrected chi connectivity index (χ2v) is 8.61. The fourth-order valence-electron chi connectivity index (χ4n) is 6.29. The van der Waals surface area contributed by atoms with Gasteiger partial charge in [-0.3, -0.25) is 0 Å². The van der Waals surface area contributed by atoms with Gasteiger partial charge in [0.05, 0.1) is 18.1 Å². The summed E-state index contributed by atoms with van der Waals surface area (Å²) in [6.07, 6.45) is 13.4. The molecule has 0 unspecified atom stereocenters. The molecule has 0 radical (unpaired) electrons. The molecule has 7 atom stereocenters. The number of rotatable bonds is 0. The van der Waals surface area contributed by atoms with E-state index in [4.69, 9.17) is 0 Å². The van der Waals surface area contributed by atoms with Gasteiger partial charge in [0, 0.05) is 0 Å². The van der Waals surface area contributed by atoms with Gasteiger partial charge in [0.1, 0.15) is 0 Å². The largest absolute Gasteiger partial charge is 0.393 e. The number of aliphatic hydroxyl groups excluding tert-OH is 1. The average Bonchev–Trinajstić information content (AvgIpc) is 2.84. The van der Waals surface area contributed by atoms with Gasteiger partial charge >= 0.3 is 0 Å². The van der Waals surface area contributed by atoms with E-state index < -0.39 is 0 Å². The Balaban J connectivity index is 1.69. The second kappa shape index (κ2) is 4.71. The Morgan fingerprint density at radius 3 is 2.82 bits per heavy atom. The Bertz CT molecular complexity index is 585. The van der Waals surface area contributed by atoms with Crippen molar-refractivity contribution in [1.29, 1.82) is 5.26 Å². The van der Waals surface area contributed by atoms with Gasteiger partial charge in [-0.2, -0.15) is 5.26 Å². The first-order chi connectivity index (χ1) is 10.5. The summed E-state index contributed by atoms with van der Waals surface area (Å²) in [5.74, 6) is 2.10. The quantitative estimate of drug-likeness (QED) is 0.680. The van der Waals surface area contributed by atoms with Crippen LogP contribution in [-0.2, 0) is 0 Å². The smallest absolute Gasteiger partial charge is 0.0703 e. The van der Waals surface area contributed by atoms with Gasteiger partial charge in [-0.05, 0) is 67.1 Å². The van der Waals surface area contributed by atoms with E-state index in [0.717, 1.165) is 31.6 Å². The Hall–Kier alpha value is -1.07. The van der Waals surface area contributed by atoms with E-state index in [1.807, 2.05) is 0 Å². The van der Waals surface area contributed by atoms with Crippen LogP contribution in [0.15, 0.2) is 23.8 Å². The van der Waals surface area contributed by atoms with Crippen molar-refractivity contribution >= 4 is 0 Å². The molecule has 1 N–H and O–H groups in total. The van der Waals surface area contributed by atoms with E-state index >= 15 is 0 Å². The van der Waals surface area contributed by atoms with Crippen molar-refractivity contribution in [3.8, 4) is 6.07 Å². The fourth-order valence-corrected chi connectivity index (χ4v) is 6.29. The van der Waals surface area contributed by atoms with Crippen LogP contribution < -0.4 is 0 Å². The molecule has 2 fully saturated rings. The topological polar surface area (TPSA) is 44.0 Å². The monoisotopic (exact) mass is 297 g/mol. The average molecular weight is 297 g/mol. The highest BCUT2D eigenvalue weighted by molar-refractivity contribution is 5.29. The fraction of sp³-hybridized carbons (Fsp3) is 0.750. The molecular weight excluding hydrogens is 270 g/mol. The summed E-state index contributed by atoms with van der Waals surface area (Å²) >= 11 is 0. The number of hydrogen-bond donors (Lipinski definition) is 1. The highest BCUT2D eigenvalue weighted by Crippen LogP contribution is 2.64. The third-order valence-electron chi connectivity index (χ3n) is 7.73. The zero-order valence-electron chi connectivity index (χ0n) is 13.8. The van der Waals surface area contributed by atoms with Gasteiger partial charge in [0.2, 0.25) is 0 Å². The molecule has 0 aliphatic heterocycles. The van der Waals surface area contributed by atoms with Gasteiger partial charge in [-0.25, -0.2) is 0 Å². The van der Waals surface area contributed by atoms with Crippen LogP contribution in [0.4, 0.5) is 0 Å². The highest BCUT2D eigenvalue weighted by atomic mass is 16.3. The van der Waals surface area contributed by atoms with E-state index in [1.165, 1.54) is 18.4 Å². The first-order valence-corrected chi connectivity index (χ1v) is 8.94. The molecule has 0 aromatic carbocycles. The molecule has 0 saturated heterocycles. The summed E-state index contributed by atoms with van der Waals surface area (Å²) < 4.78 is 0. The lowest BCUT2D eigenvalue weighted by Gasteiger charge is -2.57. The van der Waals surface area contributed by atoms with Crippen molar-refractivity contribution < 1.29 is 5.11 Å². The summed E-state index contributed by atoms with van der Waals surface area (Å²) in [6.45, 7) is 4.79. The zero-order valence-corrected chi connectivity index (χ0v) is 13.8. The minimum absolute atomic E-state index is 0.102. The molecule has 0 aromatic heterocycles. The molecule has 4 aliphatic rings. The molecule has 0 amide bonds. The van der Waals surface area contributed by atoms with Gasteiger partial charge in [-0.15, -0.1) is 0 Å². The highest BCUT2D eigenvalue weighted by Gasteiger charge is 2.57. The minimum atomic E-state index is -0.126. The molecule has 0 spiro atoms. The molecule has 118 valence electrons. The van der Waals surface area contributed by atoms with Gasteiger partial charge in [0.25, 0.3) is 0 Å². The van der Waals surface area contributed by atoms with Gasteiger partial charge in [0.15, 0.2) is 0 Å². The lowest BCUT2D eigenvalue weighted by molar-refractivity contribution is -0.0338. The Morgan fingerprint density at radius 1 is 1.23 bits per heavy atom. The molecule has 0 bridgehead atoms. The van der Waals surface area contributed by atoms with E-state index in [-0.39, 0.29) is 17.4 Å². The van der Waals surface area contributed by atoms with E-state index in [0.29, 0.717) is 17.3 Å². The van der Waals surface area contributed by atoms with Crippen LogP contribution in [0, 0.1) is 45.8 Å². The predicted octanol–water partition coefficient (Wildman–Crippen LogP) is 4.23. The molecule has 22 heavy (non-hydrogen) atoms. The van der Waals surface area contributed by atoms with Crippen molar-refractivity contribution in [3.63, 3.8) is 0 Å². The number of fused-ring (bicyclic) bond motifs is 5. The third-order valence-corrected chi connectivity index (χ3v) is 7.73. The maximum absolute atomic E-state index is 10.0. The van der Waals surface area contributed by atoms with Crippen molar-refractivity contribution in [2.24, 2.45) is 34.5 Å². The molecule has 2 heteroatoms. The maximum atomic E-state index is 10.0. The van der Waals surface area contributed by atoms with Crippen LogP contribution >= 0.6 is 0 Å². The van der Waals surface area contributed by atoms with Crippen LogP contribution in [0.3, 0.4) is 0 Å². The number of aliphatic hydroxyl groups is 1. The normalized spacial score (nSPS) is 53.0. The molecular formula is C20H27NO. The molecule has 2 nitrogen and oxygen atoms in total. The van der Waals surface area contributed by atoms with Gasteiger partial charge in [-0.1, -0.05) is 37.6 Å². The molecule has 0 heterocycles. The van der Waals surface area contributed by atoms with Crippen LogP contribution in [0.2, 0.25) is 0 Å². The summed E-state index contributed by atoms with van der Waals surface area (Å²) in [6, 6.07) is 2.54. The Morgan fingerprint density at radius 2 is 2.05 bits per heavy atom. The summed E-state index contributed by atoms with van der Waals surface area (Å²) in [5, 5.41) is 19.5. The van der Waals surface area contributed by atoms with Crippen molar-refractivity contribution in [3.05, 3.63) is 23.8 Å². The van der Waals surface area contributed by atoms with Crippen LogP contribution in [0.25, 0.3) is 0 Å². The summed E-state index contributed by atoms with van der Waals surface area (Å²) in [5.41, 5.74) is 1.98. The lowest BCUT2D eigenvalue weighted by atomic mass is 9.47. The Kier molecular flexibility index (Phi) is 3.11. The van der Waals surface area contributed by atoms with Gasteiger partial charge < -0.3 is 5.11 Å². The second-order valence-electron chi connectivity index (χ2n) is 8.61.